The first kappa shape index (κ1) is 13.2. The van der Waals surface area contributed by atoms with Gasteiger partial charge in [-0.05, 0) is 36.4 Å². The van der Waals surface area contributed by atoms with Crippen LogP contribution in [0.1, 0.15) is 10.5 Å². The zero-order valence-electron chi connectivity index (χ0n) is 10.3. The van der Waals surface area contributed by atoms with Gasteiger partial charge in [-0.25, -0.2) is 0 Å². The molecule has 2 N–H and O–H groups in total. The molecule has 1 aromatic heterocycles. The van der Waals surface area contributed by atoms with Crippen LogP contribution >= 0.6 is 27.5 Å². The molecule has 0 unspecified atom stereocenters. The van der Waals surface area contributed by atoms with E-state index < -0.39 is 0 Å². The van der Waals surface area contributed by atoms with Gasteiger partial charge in [0.05, 0.1) is 0 Å². The summed E-state index contributed by atoms with van der Waals surface area (Å²) < 4.78 is 0.915. The molecule has 0 aliphatic carbocycles. The van der Waals surface area contributed by atoms with Crippen LogP contribution in [0, 0.1) is 0 Å². The maximum absolute atomic E-state index is 12.2. The summed E-state index contributed by atoms with van der Waals surface area (Å²) in [4.78, 5) is 15.3. The van der Waals surface area contributed by atoms with Crippen LogP contribution in [0.15, 0.2) is 53.0 Å². The highest BCUT2D eigenvalue weighted by Crippen LogP contribution is 2.21. The molecule has 2 aromatic carbocycles. The smallest absolute Gasteiger partial charge is 0.272 e. The van der Waals surface area contributed by atoms with Crippen LogP contribution in [0.4, 0.5) is 5.69 Å². The quantitative estimate of drug-likeness (QED) is 0.683. The van der Waals surface area contributed by atoms with Gasteiger partial charge in [0.1, 0.15) is 5.69 Å². The highest BCUT2D eigenvalue weighted by molar-refractivity contribution is 9.10. The van der Waals surface area contributed by atoms with Gasteiger partial charge in [0.2, 0.25) is 0 Å². The Morgan fingerprint density at radius 1 is 1.15 bits per heavy atom. The Labute approximate surface area is 129 Å². The number of H-pyrrole nitrogens is 1. The fourth-order valence-electron chi connectivity index (χ4n) is 1.99. The molecule has 0 fully saturated rings. The third-order valence-electron chi connectivity index (χ3n) is 2.91. The van der Waals surface area contributed by atoms with Gasteiger partial charge in [-0.1, -0.05) is 39.7 Å². The van der Waals surface area contributed by atoms with Crippen LogP contribution in [0.2, 0.25) is 5.02 Å². The van der Waals surface area contributed by atoms with Gasteiger partial charge in [-0.15, -0.1) is 0 Å². The van der Waals surface area contributed by atoms with Gasteiger partial charge in [0.15, 0.2) is 0 Å². The molecular weight excluding hydrogens is 340 g/mol. The second-order valence-corrected chi connectivity index (χ2v) is 5.73. The Morgan fingerprint density at radius 3 is 2.80 bits per heavy atom. The number of carbonyl (C=O) groups is 1. The molecule has 1 heterocycles. The molecule has 0 spiro atoms. The summed E-state index contributed by atoms with van der Waals surface area (Å²) >= 11 is 9.30. The second kappa shape index (κ2) is 5.31. The van der Waals surface area contributed by atoms with E-state index in [1.807, 2.05) is 30.3 Å². The van der Waals surface area contributed by atoms with E-state index in [9.17, 15) is 4.79 Å². The maximum atomic E-state index is 12.2. The zero-order valence-corrected chi connectivity index (χ0v) is 12.6. The number of fused-ring (bicyclic) bond motifs is 1. The molecule has 3 rings (SSSR count). The Hall–Kier alpha value is -1.78. The first-order valence-electron chi connectivity index (χ1n) is 5.97. The highest BCUT2D eigenvalue weighted by atomic mass is 79.9. The summed E-state index contributed by atoms with van der Waals surface area (Å²) in [5.41, 5.74) is 2.08. The summed E-state index contributed by atoms with van der Waals surface area (Å²) in [5, 5.41) is 4.43. The Kier molecular flexibility index (Phi) is 3.51. The third kappa shape index (κ3) is 2.71. The Balaban J connectivity index is 1.88. The number of benzene rings is 2. The van der Waals surface area contributed by atoms with Crippen molar-refractivity contribution in [2.75, 3.05) is 5.32 Å². The number of hydrogen-bond acceptors (Lipinski definition) is 1. The molecular formula is C15H10BrClN2O. The first-order valence-corrected chi connectivity index (χ1v) is 7.14. The lowest BCUT2D eigenvalue weighted by Gasteiger charge is -2.03. The molecule has 1 amide bonds. The van der Waals surface area contributed by atoms with E-state index in [0.717, 1.165) is 21.1 Å². The predicted octanol–water partition coefficient (Wildman–Crippen LogP) is 4.84. The average Bonchev–Trinajstić information content (AvgIpc) is 2.81. The minimum atomic E-state index is -0.185. The van der Waals surface area contributed by atoms with Crippen LogP contribution < -0.4 is 5.32 Å². The number of carbonyl (C=O) groups excluding carboxylic acids is 1. The van der Waals surface area contributed by atoms with Crippen LogP contribution in [-0.2, 0) is 0 Å². The number of aromatic amines is 1. The van der Waals surface area contributed by atoms with Crippen molar-refractivity contribution in [2.24, 2.45) is 0 Å². The lowest BCUT2D eigenvalue weighted by Crippen LogP contribution is -2.12. The summed E-state index contributed by atoms with van der Waals surface area (Å²) in [6, 6.07) is 14.7. The van der Waals surface area contributed by atoms with E-state index >= 15 is 0 Å². The predicted molar refractivity (Wildman–Crippen MR) is 85.4 cm³/mol. The van der Waals surface area contributed by atoms with Crippen molar-refractivity contribution in [2.45, 2.75) is 0 Å². The average molecular weight is 350 g/mol. The van der Waals surface area contributed by atoms with E-state index in [1.165, 1.54) is 0 Å². The van der Waals surface area contributed by atoms with Gasteiger partial charge in [0.25, 0.3) is 5.91 Å². The topological polar surface area (TPSA) is 44.9 Å². The first-order chi connectivity index (χ1) is 9.61. The molecule has 0 aliphatic heterocycles. The van der Waals surface area contributed by atoms with E-state index in [4.69, 9.17) is 11.6 Å². The molecule has 100 valence electrons. The summed E-state index contributed by atoms with van der Waals surface area (Å²) in [7, 11) is 0. The van der Waals surface area contributed by atoms with Gasteiger partial charge in [-0.2, -0.15) is 0 Å². The molecule has 0 radical (unpaired) electrons. The van der Waals surface area contributed by atoms with Crippen molar-refractivity contribution < 1.29 is 4.79 Å². The van der Waals surface area contributed by atoms with Crippen LogP contribution in [0.25, 0.3) is 10.9 Å². The number of amides is 1. The van der Waals surface area contributed by atoms with Crippen molar-refractivity contribution in [3.63, 3.8) is 0 Å². The number of hydrogen-bond donors (Lipinski definition) is 2. The van der Waals surface area contributed by atoms with Crippen molar-refractivity contribution in [1.82, 2.24) is 4.98 Å². The van der Waals surface area contributed by atoms with Crippen molar-refractivity contribution in [3.8, 4) is 0 Å². The molecule has 0 saturated heterocycles. The van der Waals surface area contributed by atoms with E-state index in [0.29, 0.717) is 10.7 Å². The molecule has 0 aliphatic rings. The number of anilines is 1. The second-order valence-electron chi connectivity index (χ2n) is 4.38. The van der Waals surface area contributed by atoms with Crippen molar-refractivity contribution in [1.29, 1.82) is 0 Å². The number of aromatic nitrogens is 1. The SMILES string of the molecule is O=C(Nc1cccc(Br)c1)c1cc2ccc(Cl)cc2[nH]1. The largest absolute Gasteiger partial charge is 0.350 e. The van der Waals surface area contributed by atoms with Gasteiger partial charge >= 0.3 is 0 Å². The Bertz CT molecular complexity index is 797. The van der Waals surface area contributed by atoms with E-state index in [1.54, 1.807) is 18.2 Å². The minimum absolute atomic E-state index is 0.185. The maximum Gasteiger partial charge on any atom is 0.272 e. The molecule has 0 saturated carbocycles. The molecule has 20 heavy (non-hydrogen) atoms. The third-order valence-corrected chi connectivity index (χ3v) is 3.64. The summed E-state index contributed by atoms with van der Waals surface area (Å²) in [6.07, 6.45) is 0. The lowest BCUT2D eigenvalue weighted by molar-refractivity contribution is 0.102. The van der Waals surface area contributed by atoms with Gasteiger partial charge in [-0.3, -0.25) is 4.79 Å². The van der Waals surface area contributed by atoms with Crippen molar-refractivity contribution in [3.05, 3.63) is 63.7 Å². The van der Waals surface area contributed by atoms with E-state index in [-0.39, 0.29) is 5.91 Å². The summed E-state index contributed by atoms with van der Waals surface area (Å²) in [6.45, 7) is 0. The van der Waals surface area contributed by atoms with Crippen LogP contribution in [-0.4, -0.2) is 10.9 Å². The van der Waals surface area contributed by atoms with Crippen molar-refractivity contribution >= 4 is 50.0 Å². The molecule has 3 nitrogen and oxygen atoms in total. The minimum Gasteiger partial charge on any atom is -0.350 e. The number of nitrogens with one attached hydrogen (secondary N) is 2. The molecule has 3 aromatic rings. The standard InChI is InChI=1S/C15H10BrClN2O/c16-10-2-1-3-12(7-10)18-15(20)14-6-9-4-5-11(17)8-13(9)19-14/h1-8,19H,(H,18,20). The monoisotopic (exact) mass is 348 g/mol. The normalized spacial score (nSPS) is 10.7. The van der Waals surface area contributed by atoms with Gasteiger partial charge < -0.3 is 10.3 Å². The lowest BCUT2D eigenvalue weighted by atomic mass is 10.2. The number of rotatable bonds is 2. The Morgan fingerprint density at radius 2 is 2.00 bits per heavy atom. The summed E-state index contributed by atoms with van der Waals surface area (Å²) in [5.74, 6) is -0.185. The molecule has 0 atom stereocenters. The van der Waals surface area contributed by atoms with Gasteiger partial charge in [0, 0.05) is 26.1 Å². The van der Waals surface area contributed by atoms with E-state index in [2.05, 4.69) is 26.2 Å². The highest BCUT2D eigenvalue weighted by Gasteiger charge is 2.10. The molecule has 0 bridgehead atoms. The fourth-order valence-corrected chi connectivity index (χ4v) is 2.56. The van der Waals surface area contributed by atoms with Crippen LogP contribution in [0.3, 0.4) is 0 Å². The molecule has 5 heteroatoms. The van der Waals surface area contributed by atoms with Crippen LogP contribution in [0.5, 0.6) is 0 Å². The fraction of sp³-hybridized carbons (Fsp3) is 0. The number of halogens is 2. The zero-order chi connectivity index (χ0) is 14.1.